The minimum absolute atomic E-state index is 0.0624. The van der Waals surface area contributed by atoms with E-state index in [0.717, 1.165) is 17.7 Å². The maximum atomic E-state index is 13.3. The maximum Gasteiger partial charge on any atom is 0.261 e. The van der Waals surface area contributed by atoms with Crippen LogP contribution in [-0.2, 0) is 11.3 Å². The van der Waals surface area contributed by atoms with Crippen molar-refractivity contribution in [3.8, 4) is 0 Å². The van der Waals surface area contributed by atoms with Crippen LogP contribution in [0.15, 0.2) is 47.5 Å². The zero-order chi connectivity index (χ0) is 19.6. The Morgan fingerprint density at radius 2 is 2.00 bits per heavy atom. The Balaban J connectivity index is 1.67. The molecule has 0 aliphatic carbocycles. The molecule has 1 N–H and O–H groups in total. The van der Waals surface area contributed by atoms with Gasteiger partial charge in [0.1, 0.15) is 0 Å². The van der Waals surface area contributed by atoms with Crippen LogP contribution < -0.4 is 10.9 Å². The van der Waals surface area contributed by atoms with E-state index < -0.39 is 17.7 Å². The van der Waals surface area contributed by atoms with Crippen LogP contribution in [0.2, 0.25) is 0 Å². The zero-order valence-corrected chi connectivity index (χ0v) is 15.0. The highest BCUT2D eigenvalue weighted by Gasteiger charge is 2.13. The first-order valence-corrected chi connectivity index (χ1v) is 8.56. The number of halogens is 2. The summed E-state index contributed by atoms with van der Waals surface area (Å²) in [4.78, 5) is 29.0. The number of rotatable bonds is 5. The topological polar surface area (TPSA) is 64.0 Å². The van der Waals surface area contributed by atoms with Gasteiger partial charge in [-0.05, 0) is 43.2 Å². The molecule has 0 bridgehead atoms. The van der Waals surface area contributed by atoms with Crippen LogP contribution in [0.1, 0.15) is 30.5 Å². The normalized spacial score (nSPS) is 12.1. The number of hydrogen-bond acceptors (Lipinski definition) is 3. The molecule has 0 aliphatic rings. The van der Waals surface area contributed by atoms with E-state index in [1.807, 2.05) is 13.0 Å². The van der Waals surface area contributed by atoms with Crippen molar-refractivity contribution in [3.05, 3.63) is 75.8 Å². The molecular formula is C20H19F2N3O2. The van der Waals surface area contributed by atoms with Gasteiger partial charge in [-0.25, -0.2) is 13.8 Å². The van der Waals surface area contributed by atoms with Gasteiger partial charge in [-0.2, -0.15) is 0 Å². The van der Waals surface area contributed by atoms with Crippen molar-refractivity contribution in [1.29, 1.82) is 0 Å². The second-order valence-electron chi connectivity index (χ2n) is 6.43. The van der Waals surface area contributed by atoms with Crippen molar-refractivity contribution < 1.29 is 13.6 Å². The molecular weight excluding hydrogens is 352 g/mol. The molecule has 3 aromatic rings. The summed E-state index contributed by atoms with van der Waals surface area (Å²) in [5.41, 5.74) is 1.82. The Morgan fingerprint density at radius 1 is 1.22 bits per heavy atom. The van der Waals surface area contributed by atoms with E-state index in [1.165, 1.54) is 17.0 Å². The number of nitrogens with one attached hydrogen (secondary N) is 1. The van der Waals surface area contributed by atoms with Crippen LogP contribution in [0.25, 0.3) is 10.9 Å². The lowest BCUT2D eigenvalue weighted by atomic mass is 10.1. The number of hydrogen-bond donors (Lipinski definition) is 1. The maximum absolute atomic E-state index is 13.3. The number of aromatic nitrogens is 2. The first-order valence-electron chi connectivity index (χ1n) is 8.56. The molecule has 1 atom stereocenters. The summed E-state index contributed by atoms with van der Waals surface area (Å²) in [6.45, 7) is 3.73. The van der Waals surface area contributed by atoms with Crippen molar-refractivity contribution in [2.45, 2.75) is 32.9 Å². The fourth-order valence-corrected chi connectivity index (χ4v) is 2.90. The van der Waals surface area contributed by atoms with Gasteiger partial charge in [0.15, 0.2) is 11.6 Å². The van der Waals surface area contributed by atoms with E-state index in [4.69, 9.17) is 0 Å². The number of carbonyl (C=O) groups excluding carboxylic acids is 1. The van der Waals surface area contributed by atoms with Crippen molar-refractivity contribution in [2.24, 2.45) is 0 Å². The predicted octanol–water partition coefficient (Wildman–Crippen LogP) is 3.25. The highest BCUT2D eigenvalue weighted by molar-refractivity contribution is 5.80. The molecule has 0 saturated carbocycles. The van der Waals surface area contributed by atoms with E-state index in [0.29, 0.717) is 16.5 Å². The van der Waals surface area contributed by atoms with Gasteiger partial charge in [0.2, 0.25) is 5.91 Å². The zero-order valence-electron chi connectivity index (χ0n) is 15.0. The Morgan fingerprint density at radius 3 is 2.74 bits per heavy atom. The van der Waals surface area contributed by atoms with E-state index >= 15 is 0 Å². The molecule has 2 aromatic carbocycles. The summed E-state index contributed by atoms with van der Waals surface area (Å²) in [6.07, 6.45) is 1.50. The highest BCUT2D eigenvalue weighted by atomic mass is 19.2. The monoisotopic (exact) mass is 371 g/mol. The summed E-state index contributed by atoms with van der Waals surface area (Å²) in [5.74, 6) is -2.20. The van der Waals surface area contributed by atoms with E-state index in [-0.39, 0.29) is 24.4 Å². The lowest BCUT2D eigenvalue weighted by molar-refractivity contribution is -0.121. The number of fused-ring (bicyclic) bond motifs is 1. The Kier molecular flexibility index (Phi) is 5.30. The Bertz CT molecular complexity index is 1060. The van der Waals surface area contributed by atoms with Gasteiger partial charge in [0.25, 0.3) is 5.56 Å². The molecule has 1 unspecified atom stereocenters. The SMILES string of the molecule is Cc1cccc2c(=O)n(CCC(=O)NC(C)c3ccc(F)c(F)c3)cnc12. The Hall–Kier alpha value is -3.09. The summed E-state index contributed by atoms with van der Waals surface area (Å²) >= 11 is 0. The highest BCUT2D eigenvalue weighted by Crippen LogP contribution is 2.16. The molecule has 140 valence electrons. The molecule has 5 nitrogen and oxygen atoms in total. The second-order valence-corrected chi connectivity index (χ2v) is 6.43. The number of aryl methyl sites for hydroxylation is 2. The van der Waals surface area contributed by atoms with Gasteiger partial charge in [0, 0.05) is 13.0 Å². The van der Waals surface area contributed by atoms with Crippen LogP contribution in [0, 0.1) is 18.6 Å². The lowest BCUT2D eigenvalue weighted by Gasteiger charge is -2.15. The van der Waals surface area contributed by atoms with Gasteiger partial charge in [-0.1, -0.05) is 18.2 Å². The first-order chi connectivity index (χ1) is 12.9. The van der Waals surface area contributed by atoms with Gasteiger partial charge < -0.3 is 5.32 Å². The second kappa shape index (κ2) is 7.65. The van der Waals surface area contributed by atoms with Gasteiger partial charge in [-0.3, -0.25) is 14.2 Å². The third kappa shape index (κ3) is 4.02. The van der Waals surface area contributed by atoms with Crippen LogP contribution in [0.3, 0.4) is 0 Å². The predicted molar refractivity (Wildman–Crippen MR) is 98.3 cm³/mol. The van der Waals surface area contributed by atoms with E-state index in [9.17, 15) is 18.4 Å². The third-order valence-corrected chi connectivity index (χ3v) is 4.46. The van der Waals surface area contributed by atoms with E-state index in [2.05, 4.69) is 10.3 Å². The molecule has 3 rings (SSSR count). The molecule has 0 spiro atoms. The quantitative estimate of drug-likeness (QED) is 0.749. The fraction of sp³-hybridized carbons (Fsp3) is 0.250. The van der Waals surface area contributed by atoms with Gasteiger partial charge in [0.05, 0.1) is 23.3 Å². The van der Waals surface area contributed by atoms with Crippen LogP contribution in [0.5, 0.6) is 0 Å². The summed E-state index contributed by atoms with van der Waals surface area (Å²) in [7, 11) is 0. The fourth-order valence-electron chi connectivity index (χ4n) is 2.90. The Labute approximate surface area is 154 Å². The van der Waals surface area contributed by atoms with Crippen molar-refractivity contribution in [3.63, 3.8) is 0 Å². The molecule has 0 radical (unpaired) electrons. The number of benzene rings is 2. The number of carbonyl (C=O) groups is 1. The number of nitrogens with zero attached hydrogens (tertiary/aromatic N) is 2. The number of amides is 1. The molecule has 7 heteroatoms. The molecule has 1 amide bonds. The molecule has 27 heavy (non-hydrogen) atoms. The standard InChI is InChI=1S/C20H19F2N3O2/c1-12-4-3-5-15-19(12)23-11-25(20(15)27)9-8-18(26)24-13(2)14-6-7-16(21)17(22)10-14/h3-7,10-11,13H,8-9H2,1-2H3,(H,24,26). The largest absolute Gasteiger partial charge is 0.350 e. The molecule has 0 fully saturated rings. The van der Waals surface area contributed by atoms with Crippen molar-refractivity contribution in [1.82, 2.24) is 14.9 Å². The summed E-state index contributed by atoms with van der Waals surface area (Å²) < 4.78 is 27.7. The summed E-state index contributed by atoms with van der Waals surface area (Å²) in [6, 6.07) is 8.40. The summed E-state index contributed by atoms with van der Waals surface area (Å²) in [5, 5.41) is 3.22. The molecule has 1 heterocycles. The van der Waals surface area contributed by atoms with Gasteiger partial charge in [-0.15, -0.1) is 0 Å². The molecule has 0 saturated heterocycles. The smallest absolute Gasteiger partial charge is 0.261 e. The average Bonchev–Trinajstić information content (AvgIpc) is 2.64. The van der Waals surface area contributed by atoms with Crippen LogP contribution in [-0.4, -0.2) is 15.5 Å². The average molecular weight is 371 g/mol. The molecule has 1 aromatic heterocycles. The van der Waals surface area contributed by atoms with E-state index in [1.54, 1.807) is 19.1 Å². The number of para-hydroxylation sites is 1. The third-order valence-electron chi connectivity index (χ3n) is 4.46. The van der Waals surface area contributed by atoms with Crippen molar-refractivity contribution >= 4 is 16.8 Å². The van der Waals surface area contributed by atoms with Crippen LogP contribution >= 0.6 is 0 Å². The molecule has 0 aliphatic heterocycles. The lowest BCUT2D eigenvalue weighted by Crippen LogP contribution is -2.29. The van der Waals surface area contributed by atoms with Gasteiger partial charge >= 0.3 is 0 Å². The van der Waals surface area contributed by atoms with Crippen LogP contribution in [0.4, 0.5) is 8.78 Å². The minimum Gasteiger partial charge on any atom is -0.350 e. The minimum atomic E-state index is -0.960. The van der Waals surface area contributed by atoms with Crippen molar-refractivity contribution in [2.75, 3.05) is 0 Å². The first kappa shape index (κ1) is 18.7.